The number of hydrogen-bond donors (Lipinski definition) is 0. The maximum Gasteiger partial charge on any atom is 0.257 e. The lowest BCUT2D eigenvalue weighted by Crippen LogP contribution is -2.26. The molecular formula is C18H18N2O3S. The first-order chi connectivity index (χ1) is 11.6. The van der Waals surface area contributed by atoms with Crippen LogP contribution in [-0.2, 0) is 13.2 Å². The Morgan fingerprint density at radius 2 is 2.12 bits per heavy atom. The molecule has 24 heavy (non-hydrogen) atoms. The summed E-state index contributed by atoms with van der Waals surface area (Å²) in [7, 11) is 1.75. The molecular weight excluding hydrogens is 324 g/mol. The highest BCUT2D eigenvalue weighted by atomic mass is 32.1. The maximum atomic E-state index is 12.7. The molecule has 0 unspecified atom stereocenters. The van der Waals surface area contributed by atoms with Crippen LogP contribution in [0.25, 0.3) is 0 Å². The number of thiazole rings is 1. The van der Waals surface area contributed by atoms with Crippen LogP contribution in [0.2, 0.25) is 0 Å². The van der Waals surface area contributed by atoms with E-state index in [1.165, 1.54) is 11.3 Å². The zero-order chi connectivity index (χ0) is 16.9. The van der Waals surface area contributed by atoms with Gasteiger partial charge in [-0.25, -0.2) is 4.98 Å². The Kier molecular flexibility index (Phi) is 4.96. The van der Waals surface area contributed by atoms with Crippen molar-refractivity contribution in [3.63, 3.8) is 0 Å². The van der Waals surface area contributed by atoms with E-state index in [-0.39, 0.29) is 5.91 Å². The molecule has 2 aromatic heterocycles. The summed E-state index contributed by atoms with van der Waals surface area (Å²) in [5.74, 6) is 2.03. The number of furan rings is 1. The van der Waals surface area contributed by atoms with Crippen LogP contribution < -0.4 is 4.74 Å². The molecule has 0 aliphatic heterocycles. The molecule has 3 aromatic rings. The Labute approximate surface area is 144 Å². The number of rotatable bonds is 6. The van der Waals surface area contributed by atoms with Crippen LogP contribution in [0.3, 0.4) is 0 Å². The van der Waals surface area contributed by atoms with Gasteiger partial charge in [0.2, 0.25) is 0 Å². The van der Waals surface area contributed by atoms with Gasteiger partial charge in [0.25, 0.3) is 5.91 Å². The zero-order valence-corrected chi connectivity index (χ0v) is 14.4. The Bertz CT molecular complexity index is 811. The SMILES string of the molecule is Cc1ccc(CN(C)C(=O)c2ccccc2OCc2cscn2)o1. The Morgan fingerprint density at radius 3 is 2.83 bits per heavy atom. The molecule has 0 saturated heterocycles. The van der Waals surface area contributed by atoms with Gasteiger partial charge in [0.15, 0.2) is 0 Å². The summed E-state index contributed by atoms with van der Waals surface area (Å²) < 4.78 is 11.3. The second-order valence-corrected chi connectivity index (χ2v) is 6.16. The average Bonchev–Trinajstić information content (AvgIpc) is 3.24. The van der Waals surface area contributed by atoms with E-state index < -0.39 is 0 Å². The van der Waals surface area contributed by atoms with Gasteiger partial charge >= 0.3 is 0 Å². The summed E-state index contributed by atoms with van der Waals surface area (Å²) in [6, 6.07) is 11.0. The number of ether oxygens (including phenoxy) is 1. The van der Waals surface area contributed by atoms with E-state index in [4.69, 9.17) is 9.15 Å². The molecule has 124 valence electrons. The number of aromatic nitrogens is 1. The van der Waals surface area contributed by atoms with Crippen LogP contribution in [0.15, 0.2) is 51.7 Å². The highest BCUT2D eigenvalue weighted by molar-refractivity contribution is 7.07. The number of carbonyl (C=O) groups is 1. The number of hydrogen-bond acceptors (Lipinski definition) is 5. The smallest absolute Gasteiger partial charge is 0.257 e. The van der Waals surface area contributed by atoms with E-state index in [0.29, 0.717) is 24.5 Å². The van der Waals surface area contributed by atoms with Crippen molar-refractivity contribution in [1.29, 1.82) is 0 Å². The molecule has 0 spiro atoms. The molecule has 1 amide bonds. The number of amides is 1. The van der Waals surface area contributed by atoms with Crippen LogP contribution in [0.5, 0.6) is 5.75 Å². The molecule has 6 heteroatoms. The van der Waals surface area contributed by atoms with Crippen molar-refractivity contribution in [2.75, 3.05) is 7.05 Å². The third kappa shape index (κ3) is 3.83. The normalized spacial score (nSPS) is 10.6. The minimum absolute atomic E-state index is 0.113. The number of carbonyl (C=O) groups excluding carboxylic acids is 1. The lowest BCUT2D eigenvalue weighted by Gasteiger charge is -2.18. The van der Waals surface area contributed by atoms with Crippen molar-refractivity contribution in [3.8, 4) is 5.75 Å². The fraction of sp³-hybridized carbons (Fsp3) is 0.222. The summed E-state index contributed by atoms with van der Waals surface area (Å²) >= 11 is 1.52. The van der Waals surface area contributed by atoms with Crippen LogP contribution in [-0.4, -0.2) is 22.8 Å². The standard InChI is InChI=1S/C18H18N2O3S/c1-13-7-8-15(23-13)9-20(2)18(21)16-5-3-4-6-17(16)22-10-14-11-24-12-19-14/h3-8,11-12H,9-10H2,1-2H3. The predicted molar refractivity (Wildman–Crippen MR) is 92.1 cm³/mol. The highest BCUT2D eigenvalue weighted by Gasteiger charge is 2.18. The molecule has 0 radical (unpaired) electrons. The summed E-state index contributed by atoms with van der Waals surface area (Å²) in [4.78, 5) is 18.5. The van der Waals surface area contributed by atoms with Crippen molar-refractivity contribution in [3.05, 3.63) is 70.1 Å². The number of para-hydroxylation sites is 1. The van der Waals surface area contributed by atoms with Gasteiger partial charge in [-0.1, -0.05) is 12.1 Å². The van der Waals surface area contributed by atoms with E-state index in [9.17, 15) is 4.79 Å². The Hall–Kier alpha value is -2.60. The van der Waals surface area contributed by atoms with Gasteiger partial charge in [0, 0.05) is 12.4 Å². The molecule has 0 bridgehead atoms. The number of benzene rings is 1. The van der Waals surface area contributed by atoms with Crippen LogP contribution in [0, 0.1) is 6.92 Å². The second kappa shape index (κ2) is 7.31. The maximum absolute atomic E-state index is 12.7. The zero-order valence-electron chi connectivity index (χ0n) is 13.6. The Balaban J connectivity index is 1.71. The molecule has 0 aliphatic rings. The van der Waals surface area contributed by atoms with Gasteiger partial charge < -0.3 is 14.1 Å². The lowest BCUT2D eigenvalue weighted by molar-refractivity contribution is 0.0770. The van der Waals surface area contributed by atoms with E-state index in [0.717, 1.165) is 17.2 Å². The Morgan fingerprint density at radius 1 is 1.29 bits per heavy atom. The quantitative estimate of drug-likeness (QED) is 0.682. The van der Waals surface area contributed by atoms with Gasteiger partial charge in [-0.15, -0.1) is 11.3 Å². The highest BCUT2D eigenvalue weighted by Crippen LogP contribution is 2.22. The summed E-state index contributed by atoms with van der Waals surface area (Å²) in [5, 5.41) is 1.93. The first kappa shape index (κ1) is 16.3. The van der Waals surface area contributed by atoms with Gasteiger partial charge in [-0.3, -0.25) is 4.79 Å². The third-order valence-corrected chi connectivity index (χ3v) is 4.15. The summed E-state index contributed by atoms with van der Waals surface area (Å²) in [6.07, 6.45) is 0. The van der Waals surface area contributed by atoms with E-state index in [2.05, 4.69) is 4.98 Å². The predicted octanol–water partition coefficient (Wildman–Crippen LogP) is 3.90. The van der Waals surface area contributed by atoms with Crippen molar-refractivity contribution in [1.82, 2.24) is 9.88 Å². The van der Waals surface area contributed by atoms with Crippen molar-refractivity contribution >= 4 is 17.2 Å². The van der Waals surface area contributed by atoms with Gasteiger partial charge in [0.05, 0.1) is 23.3 Å². The van der Waals surface area contributed by atoms with E-state index in [1.54, 1.807) is 29.6 Å². The van der Waals surface area contributed by atoms with Crippen LogP contribution in [0.4, 0.5) is 0 Å². The minimum Gasteiger partial charge on any atom is -0.486 e. The molecule has 0 atom stereocenters. The summed E-state index contributed by atoms with van der Waals surface area (Å²) in [6.45, 7) is 2.63. The largest absolute Gasteiger partial charge is 0.486 e. The molecule has 0 saturated carbocycles. The minimum atomic E-state index is -0.113. The number of nitrogens with zero attached hydrogens (tertiary/aromatic N) is 2. The fourth-order valence-electron chi connectivity index (χ4n) is 2.31. The molecule has 2 heterocycles. The topological polar surface area (TPSA) is 55.6 Å². The number of aryl methyl sites for hydroxylation is 1. The van der Waals surface area contributed by atoms with Crippen molar-refractivity contribution in [2.24, 2.45) is 0 Å². The van der Waals surface area contributed by atoms with Crippen molar-refractivity contribution < 1.29 is 13.9 Å². The second-order valence-electron chi connectivity index (χ2n) is 5.44. The summed E-state index contributed by atoms with van der Waals surface area (Å²) in [5.41, 5.74) is 3.13. The molecule has 0 N–H and O–H groups in total. The molecule has 0 aliphatic carbocycles. The molecule has 1 aromatic carbocycles. The van der Waals surface area contributed by atoms with Gasteiger partial charge in [-0.05, 0) is 31.2 Å². The third-order valence-electron chi connectivity index (χ3n) is 3.51. The lowest BCUT2D eigenvalue weighted by atomic mass is 10.1. The molecule has 3 rings (SSSR count). The van der Waals surface area contributed by atoms with E-state index >= 15 is 0 Å². The molecule has 0 fully saturated rings. The van der Waals surface area contributed by atoms with Crippen LogP contribution >= 0.6 is 11.3 Å². The molecule has 5 nitrogen and oxygen atoms in total. The fourth-order valence-corrected chi connectivity index (χ4v) is 2.85. The first-order valence-electron chi connectivity index (χ1n) is 7.53. The average molecular weight is 342 g/mol. The first-order valence-corrected chi connectivity index (χ1v) is 8.47. The van der Waals surface area contributed by atoms with Crippen molar-refractivity contribution in [2.45, 2.75) is 20.1 Å². The van der Waals surface area contributed by atoms with Gasteiger partial charge in [-0.2, -0.15) is 0 Å². The van der Waals surface area contributed by atoms with E-state index in [1.807, 2.05) is 36.6 Å². The van der Waals surface area contributed by atoms with Crippen LogP contribution in [0.1, 0.15) is 27.6 Å². The monoisotopic (exact) mass is 342 g/mol. The van der Waals surface area contributed by atoms with Gasteiger partial charge in [0.1, 0.15) is 23.9 Å².